The van der Waals surface area contributed by atoms with Crippen molar-refractivity contribution in [2.24, 2.45) is 13.0 Å². The molecule has 16 heavy (non-hydrogen) atoms. The predicted molar refractivity (Wildman–Crippen MR) is 65.0 cm³/mol. The van der Waals surface area contributed by atoms with Crippen molar-refractivity contribution in [1.82, 2.24) is 15.1 Å². The van der Waals surface area contributed by atoms with Crippen molar-refractivity contribution in [3.63, 3.8) is 0 Å². The van der Waals surface area contributed by atoms with Gasteiger partial charge in [0.2, 0.25) is 0 Å². The molecule has 0 saturated heterocycles. The molecule has 1 rings (SSSR count). The highest BCUT2D eigenvalue weighted by molar-refractivity contribution is 5.02. The lowest BCUT2D eigenvalue weighted by Crippen LogP contribution is -2.38. The van der Waals surface area contributed by atoms with Crippen LogP contribution >= 0.6 is 0 Å². The fourth-order valence-electron chi connectivity index (χ4n) is 1.99. The maximum Gasteiger partial charge on any atom is 0.0746 e. The summed E-state index contributed by atoms with van der Waals surface area (Å²) in [6.45, 7) is 7.48. The normalized spacial score (nSPS) is 15.4. The van der Waals surface area contributed by atoms with E-state index in [2.05, 4.69) is 24.3 Å². The molecule has 0 aliphatic carbocycles. The molecule has 0 spiro atoms. The summed E-state index contributed by atoms with van der Waals surface area (Å²) in [6.07, 6.45) is 4.63. The minimum Gasteiger partial charge on any atom is -0.389 e. The van der Waals surface area contributed by atoms with Crippen LogP contribution in [0.5, 0.6) is 0 Å². The largest absolute Gasteiger partial charge is 0.389 e. The van der Waals surface area contributed by atoms with Crippen molar-refractivity contribution in [3.8, 4) is 0 Å². The third-order valence-electron chi connectivity index (χ3n) is 2.44. The summed E-state index contributed by atoms with van der Waals surface area (Å²) in [4.78, 5) is 0. The van der Waals surface area contributed by atoms with Gasteiger partial charge in [-0.15, -0.1) is 0 Å². The molecule has 92 valence electrons. The number of aryl methyl sites for hydroxylation is 1. The highest BCUT2D eigenvalue weighted by atomic mass is 16.3. The van der Waals surface area contributed by atoms with E-state index >= 15 is 0 Å². The van der Waals surface area contributed by atoms with Crippen LogP contribution < -0.4 is 5.32 Å². The Labute approximate surface area is 97.7 Å². The van der Waals surface area contributed by atoms with Gasteiger partial charge in [-0.1, -0.05) is 13.8 Å². The van der Waals surface area contributed by atoms with Crippen LogP contribution in [0.4, 0.5) is 0 Å². The second-order valence-corrected chi connectivity index (χ2v) is 5.22. The molecule has 1 heterocycles. The third kappa shape index (κ3) is 4.77. The Kier molecular flexibility index (Phi) is 4.50. The molecule has 0 fully saturated rings. The zero-order chi connectivity index (χ0) is 12.2. The Morgan fingerprint density at radius 2 is 2.25 bits per heavy atom. The molecule has 1 aromatic rings. The molecule has 1 aromatic heterocycles. The van der Waals surface area contributed by atoms with Gasteiger partial charge in [0.15, 0.2) is 0 Å². The number of hydrogen-bond donors (Lipinski definition) is 2. The van der Waals surface area contributed by atoms with Gasteiger partial charge in [-0.3, -0.25) is 4.68 Å². The minimum absolute atomic E-state index is 0.509. The predicted octanol–water partition coefficient (Wildman–Crippen LogP) is 1.31. The number of hydrogen-bond acceptors (Lipinski definition) is 3. The molecule has 0 amide bonds. The van der Waals surface area contributed by atoms with E-state index in [-0.39, 0.29) is 0 Å². The standard InChI is InChI=1S/C12H23N3O/c1-10(2)5-12(3,16)9-13-6-11-7-14-15(4)8-11/h7-8,10,13,16H,5-6,9H2,1-4H3. The van der Waals surface area contributed by atoms with E-state index in [1.807, 2.05) is 26.4 Å². The van der Waals surface area contributed by atoms with Crippen LogP contribution in [0, 0.1) is 5.92 Å². The van der Waals surface area contributed by atoms with Crippen molar-refractivity contribution in [1.29, 1.82) is 0 Å². The van der Waals surface area contributed by atoms with Gasteiger partial charge in [0.25, 0.3) is 0 Å². The lowest BCUT2D eigenvalue weighted by molar-refractivity contribution is 0.0383. The number of rotatable bonds is 6. The van der Waals surface area contributed by atoms with Crippen molar-refractivity contribution in [2.75, 3.05) is 6.54 Å². The van der Waals surface area contributed by atoms with Gasteiger partial charge in [0, 0.05) is 31.9 Å². The number of aromatic nitrogens is 2. The topological polar surface area (TPSA) is 50.1 Å². The second kappa shape index (κ2) is 5.46. The van der Waals surface area contributed by atoms with E-state index in [1.54, 1.807) is 4.68 Å². The lowest BCUT2D eigenvalue weighted by atomic mass is 9.94. The smallest absolute Gasteiger partial charge is 0.0746 e. The summed E-state index contributed by atoms with van der Waals surface area (Å²) in [7, 11) is 1.90. The van der Waals surface area contributed by atoms with Gasteiger partial charge in [-0.25, -0.2) is 0 Å². The summed E-state index contributed by atoms with van der Waals surface area (Å²) in [6, 6.07) is 0. The van der Waals surface area contributed by atoms with E-state index in [9.17, 15) is 5.11 Å². The molecule has 4 heteroatoms. The Balaban J connectivity index is 2.29. The van der Waals surface area contributed by atoms with Crippen LogP contribution in [0.15, 0.2) is 12.4 Å². The van der Waals surface area contributed by atoms with E-state index in [0.29, 0.717) is 12.5 Å². The number of aliphatic hydroxyl groups is 1. The summed E-state index contributed by atoms with van der Waals surface area (Å²) < 4.78 is 1.78. The second-order valence-electron chi connectivity index (χ2n) is 5.22. The van der Waals surface area contributed by atoms with Crippen molar-refractivity contribution in [3.05, 3.63) is 18.0 Å². The third-order valence-corrected chi connectivity index (χ3v) is 2.44. The summed E-state index contributed by atoms with van der Waals surface area (Å²) in [5.74, 6) is 0.509. The van der Waals surface area contributed by atoms with Gasteiger partial charge in [-0.05, 0) is 19.3 Å². The van der Waals surface area contributed by atoms with Crippen molar-refractivity contribution in [2.45, 2.75) is 39.3 Å². The van der Waals surface area contributed by atoms with E-state index in [1.165, 1.54) is 0 Å². The molecule has 0 saturated carbocycles. The average molecular weight is 225 g/mol. The maximum absolute atomic E-state index is 10.1. The SMILES string of the molecule is CC(C)CC(C)(O)CNCc1cnn(C)c1. The minimum atomic E-state index is -0.629. The summed E-state index contributed by atoms with van der Waals surface area (Å²) in [5.41, 5.74) is 0.513. The molecule has 4 nitrogen and oxygen atoms in total. The monoisotopic (exact) mass is 225 g/mol. The molecule has 0 bridgehead atoms. The average Bonchev–Trinajstić information content (AvgIpc) is 2.48. The zero-order valence-electron chi connectivity index (χ0n) is 10.7. The van der Waals surface area contributed by atoms with Crippen molar-refractivity contribution < 1.29 is 5.11 Å². The molecule has 1 atom stereocenters. The highest BCUT2D eigenvalue weighted by Crippen LogP contribution is 2.15. The molecule has 0 aliphatic rings. The Bertz CT molecular complexity index is 318. The Morgan fingerprint density at radius 1 is 1.56 bits per heavy atom. The highest BCUT2D eigenvalue weighted by Gasteiger charge is 2.20. The summed E-state index contributed by atoms with van der Waals surface area (Å²) >= 11 is 0. The van der Waals surface area contributed by atoms with Crippen LogP contribution in [-0.2, 0) is 13.6 Å². The van der Waals surface area contributed by atoms with E-state index in [4.69, 9.17) is 0 Å². The molecule has 0 aromatic carbocycles. The van der Waals surface area contributed by atoms with Crippen LogP contribution in [-0.4, -0.2) is 27.0 Å². The molecule has 0 aliphatic heterocycles. The molecule has 0 radical (unpaired) electrons. The lowest BCUT2D eigenvalue weighted by Gasteiger charge is -2.25. The van der Waals surface area contributed by atoms with Crippen LogP contribution in [0.1, 0.15) is 32.8 Å². The van der Waals surface area contributed by atoms with Crippen molar-refractivity contribution >= 4 is 0 Å². The Hall–Kier alpha value is -0.870. The van der Waals surface area contributed by atoms with Gasteiger partial charge in [0.05, 0.1) is 11.8 Å². The molecule has 2 N–H and O–H groups in total. The quantitative estimate of drug-likeness (QED) is 0.767. The van der Waals surface area contributed by atoms with Crippen LogP contribution in [0.25, 0.3) is 0 Å². The fraction of sp³-hybridized carbons (Fsp3) is 0.750. The first kappa shape index (κ1) is 13.2. The van der Waals surface area contributed by atoms with Crippen LogP contribution in [0.3, 0.4) is 0 Å². The molecular weight excluding hydrogens is 202 g/mol. The summed E-state index contributed by atoms with van der Waals surface area (Å²) in [5, 5.41) is 17.4. The van der Waals surface area contributed by atoms with Gasteiger partial charge in [0.1, 0.15) is 0 Å². The zero-order valence-corrected chi connectivity index (χ0v) is 10.7. The van der Waals surface area contributed by atoms with Crippen LogP contribution in [0.2, 0.25) is 0 Å². The first-order valence-corrected chi connectivity index (χ1v) is 5.80. The fourth-order valence-corrected chi connectivity index (χ4v) is 1.99. The van der Waals surface area contributed by atoms with Gasteiger partial charge in [-0.2, -0.15) is 5.10 Å². The van der Waals surface area contributed by atoms with Gasteiger partial charge >= 0.3 is 0 Å². The van der Waals surface area contributed by atoms with E-state index in [0.717, 1.165) is 18.5 Å². The van der Waals surface area contributed by atoms with Gasteiger partial charge < -0.3 is 10.4 Å². The first-order chi connectivity index (χ1) is 7.39. The maximum atomic E-state index is 10.1. The number of nitrogens with zero attached hydrogens (tertiary/aromatic N) is 2. The molecular formula is C12H23N3O. The first-order valence-electron chi connectivity index (χ1n) is 5.80. The molecule has 1 unspecified atom stereocenters. The van der Waals surface area contributed by atoms with E-state index < -0.39 is 5.60 Å². The Morgan fingerprint density at radius 3 is 2.75 bits per heavy atom. The number of nitrogens with one attached hydrogen (secondary N) is 1.